The third-order valence-electron chi connectivity index (χ3n) is 3.46. The van der Waals surface area contributed by atoms with Crippen LogP contribution in [-0.4, -0.2) is 32.2 Å². The van der Waals surface area contributed by atoms with Crippen LogP contribution in [0.3, 0.4) is 0 Å². The molecule has 6 nitrogen and oxygen atoms in total. The molecule has 0 aliphatic rings. The Bertz CT molecular complexity index is 827. The normalized spacial score (nSPS) is 11.4. The number of carbonyl (C=O) groups is 2. The predicted octanol–water partition coefficient (Wildman–Crippen LogP) is 3.68. The van der Waals surface area contributed by atoms with Crippen molar-refractivity contribution in [3.05, 3.63) is 52.8 Å². The molecule has 0 radical (unpaired) electrons. The van der Waals surface area contributed by atoms with Gasteiger partial charge in [0.15, 0.2) is 17.6 Å². The summed E-state index contributed by atoms with van der Waals surface area (Å²) in [5.74, 6) is -1.44. The van der Waals surface area contributed by atoms with Gasteiger partial charge in [-0.05, 0) is 37.3 Å². The van der Waals surface area contributed by atoms with Gasteiger partial charge in [0.25, 0.3) is 5.91 Å². The van der Waals surface area contributed by atoms with E-state index in [-0.39, 0.29) is 10.6 Å². The fourth-order valence-electron chi connectivity index (χ4n) is 2.09. The number of methoxy groups -OCH3 is 2. The van der Waals surface area contributed by atoms with Gasteiger partial charge in [-0.1, -0.05) is 11.6 Å². The van der Waals surface area contributed by atoms with E-state index < -0.39 is 23.8 Å². The van der Waals surface area contributed by atoms with E-state index in [1.807, 2.05) is 0 Å². The van der Waals surface area contributed by atoms with E-state index in [1.54, 1.807) is 18.2 Å². The molecule has 0 aliphatic carbocycles. The van der Waals surface area contributed by atoms with Gasteiger partial charge in [-0.15, -0.1) is 0 Å². The molecular formula is C18H17ClFNO5. The molecule has 0 aromatic heterocycles. The number of hydrogen-bond donors (Lipinski definition) is 1. The number of nitrogens with one attached hydrogen (secondary N) is 1. The molecule has 0 aliphatic heterocycles. The molecule has 0 saturated carbocycles. The summed E-state index contributed by atoms with van der Waals surface area (Å²) in [6.07, 6.45) is -1.15. The molecule has 1 atom stereocenters. The first-order chi connectivity index (χ1) is 12.3. The fraction of sp³-hybridized carbons (Fsp3) is 0.222. The number of rotatable bonds is 6. The van der Waals surface area contributed by atoms with Crippen molar-refractivity contribution in [1.82, 2.24) is 0 Å². The molecule has 8 heteroatoms. The Balaban J connectivity index is 2.04. The Morgan fingerprint density at radius 2 is 1.77 bits per heavy atom. The van der Waals surface area contributed by atoms with Crippen molar-refractivity contribution in [3.8, 4) is 11.5 Å². The molecule has 2 aromatic carbocycles. The third-order valence-corrected chi connectivity index (χ3v) is 3.69. The van der Waals surface area contributed by atoms with Crippen molar-refractivity contribution in [2.24, 2.45) is 0 Å². The molecule has 1 amide bonds. The Hall–Kier alpha value is -2.80. The van der Waals surface area contributed by atoms with Crippen molar-refractivity contribution in [2.45, 2.75) is 13.0 Å². The van der Waals surface area contributed by atoms with Gasteiger partial charge in [0.2, 0.25) is 0 Å². The third kappa shape index (κ3) is 4.64. The number of halogens is 2. The second kappa shape index (κ2) is 8.53. The maximum Gasteiger partial charge on any atom is 0.341 e. The molecule has 138 valence electrons. The molecule has 0 spiro atoms. The molecule has 1 N–H and O–H groups in total. The minimum atomic E-state index is -1.15. The van der Waals surface area contributed by atoms with Gasteiger partial charge in [-0.25, -0.2) is 9.18 Å². The standard InChI is InChI=1S/C18H17ClFNO5/c1-10(26-18(23)13-6-4-11(19)8-14(13)20)17(22)21-12-5-7-15(24-2)16(9-12)25-3/h4-10H,1-3H3,(H,21,22)/t10-/m0/s1. The highest BCUT2D eigenvalue weighted by molar-refractivity contribution is 6.30. The lowest BCUT2D eigenvalue weighted by molar-refractivity contribution is -0.123. The Kier molecular flexibility index (Phi) is 6.41. The molecule has 2 rings (SSSR count). The van der Waals surface area contributed by atoms with Gasteiger partial charge in [0.1, 0.15) is 5.82 Å². The van der Waals surface area contributed by atoms with Gasteiger partial charge in [0.05, 0.1) is 19.8 Å². The zero-order chi connectivity index (χ0) is 19.3. The van der Waals surface area contributed by atoms with Crippen LogP contribution < -0.4 is 14.8 Å². The first-order valence-corrected chi connectivity index (χ1v) is 7.92. The molecule has 0 heterocycles. The number of amides is 1. The molecule has 2 aromatic rings. The monoisotopic (exact) mass is 381 g/mol. The number of hydrogen-bond acceptors (Lipinski definition) is 5. The van der Waals surface area contributed by atoms with E-state index in [0.717, 1.165) is 6.07 Å². The molecule has 0 unspecified atom stereocenters. The average molecular weight is 382 g/mol. The highest BCUT2D eigenvalue weighted by Crippen LogP contribution is 2.29. The summed E-state index contributed by atoms with van der Waals surface area (Å²) >= 11 is 5.64. The van der Waals surface area contributed by atoms with E-state index in [0.29, 0.717) is 17.2 Å². The smallest absolute Gasteiger partial charge is 0.341 e. The topological polar surface area (TPSA) is 73.9 Å². The van der Waals surface area contributed by atoms with Gasteiger partial charge in [0, 0.05) is 16.8 Å². The van der Waals surface area contributed by atoms with Crippen molar-refractivity contribution < 1.29 is 28.2 Å². The van der Waals surface area contributed by atoms with Crippen LogP contribution in [0, 0.1) is 5.82 Å². The van der Waals surface area contributed by atoms with Crippen molar-refractivity contribution in [2.75, 3.05) is 19.5 Å². The van der Waals surface area contributed by atoms with Gasteiger partial charge >= 0.3 is 5.97 Å². The number of anilines is 1. The van der Waals surface area contributed by atoms with E-state index >= 15 is 0 Å². The highest BCUT2D eigenvalue weighted by atomic mass is 35.5. The van der Waals surface area contributed by atoms with E-state index in [4.69, 9.17) is 25.8 Å². The van der Waals surface area contributed by atoms with Crippen LogP contribution in [0.5, 0.6) is 11.5 Å². The van der Waals surface area contributed by atoms with Crippen LogP contribution >= 0.6 is 11.6 Å². The summed E-state index contributed by atoms with van der Waals surface area (Å²) in [5.41, 5.74) is 0.119. The van der Waals surface area contributed by atoms with E-state index in [1.165, 1.54) is 33.3 Å². The maximum atomic E-state index is 13.7. The SMILES string of the molecule is COc1ccc(NC(=O)[C@H](C)OC(=O)c2ccc(Cl)cc2F)cc1OC. The molecule has 0 bridgehead atoms. The van der Waals surface area contributed by atoms with Gasteiger partial charge in [-0.2, -0.15) is 0 Å². The van der Waals surface area contributed by atoms with E-state index in [2.05, 4.69) is 5.32 Å². The molecule has 0 saturated heterocycles. The zero-order valence-electron chi connectivity index (χ0n) is 14.3. The lowest BCUT2D eigenvalue weighted by Gasteiger charge is -2.15. The maximum absolute atomic E-state index is 13.7. The van der Waals surface area contributed by atoms with Crippen LogP contribution in [0.2, 0.25) is 5.02 Å². The predicted molar refractivity (Wildman–Crippen MR) is 94.5 cm³/mol. The molecule has 0 fully saturated rings. The van der Waals surface area contributed by atoms with Crippen LogP contribution in [0.15, 0.2) is 36.4 Å². The number of ether oxygens (including phenoxy) is 3. The average Bonchev–Trinajstić information content (AvgIpc) is 2.61. The first kappa shape index (κ1) is 19.5. The summed E-state index contributed by atoms with van der Waals surface area (Å²) in [5, 5.41) is 2.73. The zero-order valence-corrected chi connectivity index (χ0v) is 15.1. The van der Waals surface area contributed by atoms with Crippen molar-refractivity contribution in [3.63, 3.8) is 0 Å². The molecule has 26 heavy (non-hydrogen) atoms. The molecular weight excluding hydrogens is 365 g/mol. The minimum absolute atomic E-state index is 0.151. The second-order valence-electron chi connectivity index (χ2n) is 5.23. The Morgan fingerprint density at radius 1 is 1.08 bits per heavy atom. The van der Waals surface area contributed by atoms with Crippen molar-refractivity contribution in [1.29, 1.82) is 0 Å². The summed E-state index contributed by atoms with van der Waals surface area (Å²) < 4.78 is 29.0. The largest absolute Gasteiger partial charge is 0.493 e. The number of carbonyl (C=O) groups excluding carboxylic acids is 2. The van der Waals surface area contributed by atoms with Crippen LogP contribution in [0.1, 0.15) is 17.3 Å². The van der Waals surface area contributed by atoms with Crippen LogP contribution in [0.4, 0.5) is 10.1 Å². The van der Waals surface area contributed by atoms with Gasteiger partial charge < -0.3 is 19.5 Å². The summed E-state index contributed by atoms with van der Waals surface area (Å²) in [7, 11) is 2.96. The lowest BCUT2D eigenvalue weighted by atomic mass is 10.2. The fourth-order valence-corrected chi connectivity index (χ4v) is 2.25. The van der Waals surface area contributed by atoms with E-state index in [9.17, 15) is 14.0 Å². The van der Waals surface area contributed by atoms with Crippen LogP contribution in [-0.2, 0) is 9.53 Å². The number of benzene rings is 2. The highest BCUT2D eigenvalue weighted by Gasteiger charge is 2.21. The summed E-state index contributed by atoms with van der Waals surface area (Å²) in [4.78, 5) is 24.2. The first-order valence-electron chi connectivity index (χ1n) is 7.54. The Labute approximate surface area is 154 Å². The Morgan fingerprint density at radius 3 is 2.38 bits per heavy atom. The van der Waals surface area contributed by atoms with Crippen LogP contribution in [0.25, 0.3) is 0 Å². The quantitative estimate of drug-likeness (QED) is 0.773. The summed E-state index contributed by atoms with van der Waals surface area (Å²) in [6, 6.07) is 8.33. The van der Waals surface area contributed by atoms with Crippen molar-refractivity contribution >= 4 is 29.2 Å². The second-order valence-corrected chi connectivity index (χ2v) is 5.67. The lowest BCUT2D eigenvalue weighted by Crippen LogP contribution is -2.30. The summed E-state index contributed by atoms with van der Waals surface area (Å²) in [6.45, 7) is 1.38. The minimum Gasteiger partial charge on any atom is -0.493 e. The van der Waals surface area contributed by atoms with Gasteiger partial charge in [-0.3, -0.25) is 4.79 Å². The number of esters is 1.